The van der Waals surface area contributed by atoms with Crippen molar-refractivity contribution in [3.05, 3.63) is 35.9 Å². The van der Waals surface area contributed by atoms with E-state index < -0.39 is 59.8 Å². The normalized spacial score (nSPS) is 14.5. The highest BCUT2D eigenvalue weighted by molar-refractivity contribution is 7.80. The molecule has 0 spiro atoms. The van der Waals surface area contributed by atoms with Crippen molar-refractivity contribution in [1.82, 2.24) is 20.9 Å². The number of amides is 4. The first-order valence-corrected chi connectivity index (χ1v) is 15.9. The number of unbranched alkanes of at least 4 members (excludes halogenated alkanes) is 3. The fourth-order valence-corrected chi connectivity index (χ4v) is 4.87. The molecule has 12 nitrogen and oxygen atoms in total. The number of carboxylic acid groups (broad SMARTS) is 1. The molecule has 0 aliphatic carbocycles. The Hall–Kier alpha value is -2.81. The van der Waals surface area contributed by atoms with Gasteiger partial charge in [-0.1, -0.05) is 50.1 Å². The summed E-state index contributed by atoms with van der Waals surface area (Å²) in [7, 11) is 0. The molecule has 4 amide bonds. The monoisotopic (exact) mass is 640 g/mol. The summed E-state index contributed by atoms with van der Waals surface area (Å²) in [5.41, 5.74) is 12.1. The molecule has 0 saturated heterocycles. The van der Waals surface area contributed by atoms with E-state index in [1.807, 2.05) is 6.92 Å². The van der Waals surface area contributed by atoms with Gasteiger partial charge < -0.3 is 37.4 Å². The van der Waals surface area contributed by atoms with Crippen molar-refractivity contribution < 1.29 is 29.1 Å². The second kappa shape index (κ2) is 21.0. The maximum atomic E-state index is 13.6. The molecule has 43 heavy (non-hydrogen) atoms. The van der Waals surface area contributed by atoms with Gasteiger partial charge in [-0.3, -0.25) is 19.2 Å². The van der Waals surface area contributed by atoms with Crippen LogP contribution in [0, 0.1) is 0 Å². The number of carboxylic acids is 1. The number of nitrogens with two attached hydrogens (primary N) is 2. The van der Waals surface area contributed by atoms with Crippen molar-refractivity contribution >= 4 is 54.9 Å². The number of benzene rings is 1. The zero-order valence-electron chi connectivity index (χ0n) is 25.0. The third-order valence-electron chi connectivity index (χ3n) is 6.88. The molecule has 14 heteroatoms. The Bertz CT molecular complexity index is 1030. The van der Waals surface area contributed by atoms with Gasteiger partial charge in [-0.15, -0.1) is 0 Å². The van der Waals surface area contributed by atoms with E-state index in [1.165, 1.54) is 11.8 Å². The van der Waals surface area contributed by atoms with Crippen molar-refractivity contribution in [3.8, 4) is 0 Å². The summed E-state index contributed by atoms with van der Waals surface area (Å²) >= 11 is 8.37. The van der Waals surface area contributed by atoms with E-state index in [1.54, 1.807) is 30.3 Å². The maximum absolute atomic E-state index is 13.6. The van der Waals surface area contributed by atoms with Gasteiger partial charge in [0.1, 0.15) is 24.2 Å². The molecular weight excluding hydrogens is 592 g/mol. The number of rotatable bonds is 21. The summed E-state index contributed by atoms with van der Waals surface area (Å²) in [5, 5.41) is 17.6. The minimum atomic E-state index is -1.22. The van der Waals surface area contributed by atoms with Gasteiger partial charge in [-0.2, -0.15) is 25.3 Å². The summed E-state index contributed by atoms with van der Waals surface area (Å²) < 4.78 is 0. The SMILES string of the molecule is CCCCCN(C(=O)C(C)NC(=O)C(N)CS)C(CS)C(=O)N[C@H](CCCCN)C(=O)NC(Cc1ccccc1)C(=O)O. The smallest absolute Gasteiger partial charge is 0.326 e. The molecule has 1 aromatic rings. The maximum Gasteiger partial charge on any atom is 0.326 e. The average Bonchev–Trinajstić information content (AvgIpc) is 2.99. The molecule has 0 aromatic heterocycles. The Balaban J connectivity index is 3.17. The van der Waals surface area contributed by atoms with E-state index in [0.717, 1.165) is 18.4 Å². The molecule has 1 aromatic carbocycles. The number of carbonyl (C=O) groups is 5. The Morgan fingerprint density at radius 3 is 2.09 bits per heavy atom. The number of nitrogens with zero attached hydrogens (tertiary/aromatic N) is 1. The summed E-state index contributed by atoms with van der Waals surface area (Å²) in [6, 6.07) is 3.65. The predicted molar refractivity (Wildman–Crippen MR) is 173 cm³/mol. The Morgan fingerprint density at radius 2 is 1.53 bits per heavy atom. The van der Waals surface area contributed by atoms with Crippen molar-refractivity contribution in [2.75, 3.05) is 24.6 Å². The van der Waals surface area contributed by atoms with Crippen molar-refractivity contribution in [2.45, 2.75) is 89.0 Å². The number of carbonyl (C=O) groups excluding carboxylic acids is 4. The predicted octanol–water partition coefficient (Wildman–Crippen LogP) is 0.491. The van der Waals surface area contributed by atoms with E-state index >= 15 is 0 Å². The number of hydrogen-bond acceptors (Lipinski definition) is 9. The average molecular weight is 641 g/mol. The van der Waals surface area contributed by atoms with Crippen molar-refractivity contribution in [2.24, 2.45) is 11.5 Å². The fourth-order valence-electron chi connectivity index (χ4n) is 4.34. The molecule has 0 fully saturated rings. The molecule has 0 radical (unpaired) electrons. The standard InChI is InChI=1S/C29H48N6O6S2/c1-3-4-10-15-35(28(39)19(2)32-25(36)21(31)17-42)24(18-43)27(38)33-22(13-8-9-14-30)26(37)34-23(29(40)41)16-20-11-6-5-7-12-20/h5-7,11-12,19,21-24,42-43H,3-4,8-10,13-18,30-31H2,1-2H3,(H,32,36)(H,33,38)(H,34,37)(H,40,41)/t19?,21?,22-,23?,24?/m1/s1. The Labute approximate surface area is 265 Å². The van der Waals surface area contributed by atoms with E-state index in [-0.39, 0.29) is 30.9 Å². The Morgan fingerprint density at radius 1 is 0.884 bits per heavy atom. The van der Waals surface area contributed by atoms with Crippen LogP contribution in [0.4, 0.5) is 0 Å². The van der Waals surface area contributed by atoms with Crippen molar-refractivity contribution in [3.63, 3.8) is 0 Å². The highest BCUT2D eigenvalue weighted by atomic mass is 32.1. The van der Waals surface area contributed by atoms with Crippen LogP contribution in [-0.2, 0) is 30.4 Å². The van der Waals surface area contributed by atoms with Crippen LogP contribution in [0.15, 0.2) is 30.3 Å². The van der Waals surface area contributed by atoms with Crippen LogP contribution in [-0.4, -0.2) is 94.4 Å². The number of thiol groups is 2. The van der Waals surface area contributed by atoms with Gasteiger partial charge >= 0.3 is 5.97 Å². The van der Waals surface area contributed by atoms with Crippen LogP contribution >= 0.6 is 25.3 Å². The highest BCUT2D eigenvalue weighted by Crippen LogP contribution is 2.12. The molecule has 0 heterocycles. The first-order chi connectivity index (χ1) is 20.5. The summed E-state index contributed by atoms with van der Waals surface area (Å²) in [6.07, 6.45) is 3.66. The first kappa shape index (κ1) is 38.2. The summed E-state index contributed by atoms with van der Waals surface area (Å²) in [4.78, 5) is 66.1. The largest absolute Gasteiger partial charge is 0.480 e. The van der Waals surface area contributed by atoms with E-state index in [4.69, 9.17) is 11.5 Å². The minimum absolute atomic E-state index is 0.0522. The number of aliphatic carboxylic acids is 1. The summed E-state index contributed by atoms with van der Waals surface area (Å²) in [5.74, 6) is -3.48. The van der Waals surface area contributed by atoms with Gasteiger partial charge in [0.05, 0.1) is 6.04 Å². The van der Waals surface area contributed by atoms with Crippen LogP contribution in [0.1, 0.15) is 57.9 Å². The van der Waals surface area contributed by atoms with Crippen LogP contribution in [0.3, 0.4) is 0 Å². The van der Waals surface area contributed by atoms with Crippen LogP contribution in [0.25, 0.3) is 0 Å². The van der Waals surface area contributed by atoms with Crippen molar-refractivity contribution in [1.29, 1.82) is 0 Å². The lowest BCUT2D eigenvalue weighted by Crippen LogP contribution is -2.60. The molecule has 0 aliphatic heterocycles. The highest BCUT2D eigenvalue weighted by Gasteiger charge is 2.35. The molecular formula is C29H48N6O6S2. The fraction of sp³-hybridized carbons (Fsp3) is 0.621. The number of nitrogens with one attached hydrogen (secondary N) is 3. The van der Waals surface area contributed by atoms with E-state index in [0.29, 0.717) is 25.8 Å². The zero-order valence-corrected chi connectivity index (χ0v) is 26.8. The van der Waals surface area contributed by atoms with E-state index in [9.17, 15) is 29.1 Å². The number of hydrogen-bond donors (Lipinski definition) is 8. The molecule has 242 valence electrons. The van der Waals surface area contributed by atoms with Gasteiger partial charge in [-0.05, 0) is 44.7 Å². The zero-order chi connectivity index (χ0) is 32.4. The first-order valence-electron chi connectivity index (χ1n) is 14.7. The molecule has 8 N–H and O–H groups in total. The topological polar surface area (TPSA) is 197 Å². The van der Waals surface area contributed by atoms with Gasteiger partial charge in [0.15, 0.2) is 0 Å². The molecule has 0 bridgehead atoms. The quantitative estimate of drug-likeness (QED) is 0.0702. The van der Waals surface area contributed by atoms with E-state index in [2.05, 4.69) is 41.2 Å². The van der Waals surface area contributed by atoms with Crippen LogP contribution in [0.2, 0.25) is 0 Å². The molecule has 5 atom stereocenters. The molecule has 0 aliphatic rings. The Kier molecular flexibility index (Phi) is 18.6. The molecule has 1 rings (SSSR count). The second-order valence-electron chi connectivity index (χ2n) is 10.4. The van der Waals surface area contributed by atoms with Crippen LogP contribution in [0.5, 0.6) is 0 Å². The third-order valence-corrected chi connectivity index (χ3v) is 7.62. The lowest BCUT2D eigenvalue weighted by atomic mass is 10.0. The van der Waals surface area contributed by atoms with Gasteiger partial charge in [0.2, 0.25) is 23.6 Å². The lowest BCUT2D eigenvalue weighted by Gasteiger charge is -2.33. The molecule has 0 saturated carbocycles. The minimum Gasteiger partial charge on any atom is -0.480 e. The van der Waals surface area contributed by atoms with Gasteiger partial charge in [0.25, 0.3) is 0 Å². The third kappa shape index (κ3) is 13.6. The van der Waals surface area contributed by atoms with Gasteiger partial charge in [-0.25, -0.2) is 4.79 Å². The van der Waals surface area contributed by atoms with Gasteiger partial charge in [0, 0.05) is 24.5 Å². The van der Waals surface area contributed by atoms with Crippen LogP contribution < -0.4 is 27.4 Å². The lowest BCUT2D eigenvalue weighted by molar-refractivity contribution is -0.144. The second-order valence-corrected chi connectivity index (χ2v) is 11.1. The molecule has 4 unspecified atom stereocenters. The summed E-state index contributed by atoms with van der Waals surface area (Å²) in [6.45, 7) is 4.12.